The Morgan fingerprint density at radius 1 is 1.56 bits per heavy atom. The van der Waals surface area contributed by atoms with Crippen molar-refractivity contribution in [2.24, 2.45) is 5.41 Å². The summed E-state index contributed by atoms with van der Waals surface area (Å²) < 4.78 is 5.10. The zero-order valence-electron chi connectivity index (χ0n) is 10.2. The van der Waals surface area contributed by atoms with Crippen molar-refractivity contribution in [2.45, 2.75) is 6.92 Å². The highest BCUT2D eigenvalue weighted by atomic mass is 16.6. The minimum atomic E-state index is -0.394. The quantitative estimate of drug-likeness (QED) is 0.610. The number of aliphatic hydroxyl groups is 1. The number of nitrogens with one attached hydrogen (secondary N) is 1. The molecule has 1 heterocycles. The van der Waals surface area contributed by atoms with E-state index in [4.69, 9.17) is 4.74 Å². The summed E-state index contributed by atoms with van der Waals surface area (Å²) in [6.45, 7) is 3.35. The van der Waals surface area contributed by atoms with Gasteiger partial charge in [0.25, 0.3) is 5.69 Å². The molecule has 18 heavy (non-hydrogen) atoms. The maximum atomic E-state index is 10.8. The Morgan fingerprint density at radius 3 is 2.78 bits per heavy atom. The van der Waals surface area contributed by atoms with Gasteiger partial charge in [-0.25, -0.2) is 0 Å². The molecule has 1 aromatic carbocycles. The van der Waals surface area contributed by atoms with Crippen LogP contribution in [0.25, 0.3) is 0 Å². The Bertz CT molecular complexity index is 452. The highest BCUT2D eigenvalue weighted by Gasteiger charge is 2.38. The number of hydrogen-bond donors (Lipinski definition) is 2. The van der Waals surface area contributed by atoms with Crippen molar-refractivity contribution in [3.8, 4) is 0 Å². The van der Waals surface area contributed by atoms with Gasteiger partial charge in [0, 0.05) is 23.9 Å². The first kappa shape index (κ1) is 12.8. The summed E-state index contributed by atoms with van der Waals surface area (Å²) in [5, 5.41) is 23.3. The monoisotopic (exact) mass is 252 g/mol. The molecule has 1 fully saturated rings. The molecule has 0 amide bonds. The van der Waals surface area contributed by atoms with Crippen molar-refractivity contribution < 1.29 is 14.8 Å². The van der Waals surface area contributed by atoms with Gasteiger partial charge < -0.3 is 15.2 Å². The Kier molecular flexibility index (Phi) is 3.49. The molecule has 0 atom stereocenters. The van der Waals surface area contributed by atoms with E-state index in [1.165, 1.54) is 6.07 Å². The molecular weight excluding hydrogens is 236 g/mol. The summed E-state index contributed by atoms with van der Waals surface area (Å²) in [5.41, 5.74) is 1.18. The van der Waals surface area contributed by atoms with Gasteiger partial charge in [0.1, 0.15) is 0 Å². The van der Waals surface area contributed by atoms with Gasteiger partial charge in [-0.2, -0.15) is 0 Å². The van der Waals surface area contributed by atoms with Crippen LogP contribution < -0.4 is 5.32 Å². The van der Waals surface area contributed by atoms with Crippen LogP contribution in [0, 0.1) is 22.5 Å². The van der Waals surface area contributed by atoms with E-state index >= 15 is 0 Å². The van der Waals surface area contributed by atoms with Gasteiger partial charge in [-0.05, 0) is 13.0 Å². The molecule has 2 rings (SSSR count). The number of aliphatic hydroxyl groups excluding tert-OH is 1. The van der Waals surface area contributed by atoms with Gasteiger partial charge >= 0.3 is 0 Å². The first-order chi connectivity index (χ1) is 8.58. The highest BCUT2D eigenvalue weighted by Crippen LogP contribution is 2.30. The van der Waals surface area contributed by atoms with Crippen LogP contribution in [0.2, 0.25) is 0 Å². The third-order valence-electron chi connectivity index (χ3n) is 3.31. The van der Waals surface area contributed by atoms with Crippen molar-refractivity contribution in [3.63, 3.8) is 0 Å². The van der Waals surface area contributed by atoms with Gasteiger partial charge in [-0.15, -0.1) is 0 Å². The summed E-state index contributed by atoms with van der Waals surface area (Å²) in [5.74, 6) is 0. The smallest absolute Gasteiger partial charge is 0.274 e. The lowest BCUT2D eigenvalue weighted by Gasteiger charge is -2.40. The molecule has 0 bridgehead atoms. The normalized spacial score (nSPS) is 17.0. The predicted molar refractivity (Wildman–Crippen MR) is 66.7 cm³/mol. The Labute approximate surface area is 105 Å². The number of benzene rings is 1. The van der Waals surface area contributed by atoms with E-state index in [2.05, 4.69) is 5.32 Å². The van der Waals surface area contributed by atoms with Gasteiger partial charge in [0.2, 0.25) is 0 Å². The third kappa shape index (κ3) is 2.30. The molecule has 98 valence electrons. The van der Waals surface area contributed by atoms with Crippen LogP contribution in [0.15, 0.2) is 18.2 Å². The lowest BCUT2D eigenvalue weighted by Crippen LogP contribution is -2.50. The Morgan fingerprint density at radius 2 is 2.28 bits per heavy atom. The number of anilines is 1. The number of nitrogens with zero attached hydrogens (tertiary/aromatic N) is 1. The van der Waals surface area contributed by atoms with E-state index < -0.39 is 4.92 Å². The molecular formula is C12H16N2O4. The van der Waals surface area contributed by atoms with Gasteiger partial charge in [0.05, 0.1) is 30.2 Å². The lowest BCUT2D eigenvalue weighted by atomic mass is 9.87. The van der Waals surface area contributed by atoms with E-state index in [1.807, 2.05) is 0 Å². The summed E-state index contributed by atoms with van der Waals surface area (Å²) in [6, 6.07) is 4.93. The SMILES string of the molecule is Cc1c(NCC2(CO)COC2)cccc1[N+](=O)[O-]. The number of rotatable bonds is 5. The third-order valence-corrected chi connectivity index (χ3v) is 3.31. The number of ether oxygens (including phenoxy) is 1. The molecule has 0 radical (unpaired) electrons. The van der Waals surface area contributed by atoms with Crippen LogP contribution in [0.1, 0.15) is 5.56 Å². The van der Waals surface area contributed by atoms with Gasteiger partial charge in [-0.1, -0.05) is 6.07 Å². The highest BCUT2D eigenvalue weighted by molar-refractivity contribution is 5.59. The summed E-state index contributed by atoms with van der Waals surface area (Å²) in [7, 11) is 0. The number of hydrogen-bond acceptors (Lipinski definition) is 5. The molecule has 2 N–H and O–H groups in total. The van der Waals surface area contributed by atoms with Crippen LogP contribution in [-0.2, 0) is 4.74 Å². The van der Waals surface area contributed by atoms with E-state index in [0.29, 0.717) is 25.3 Å². The van der Waals surface area contributed by atoms with Crippen LogP contribution in [0.4, 0.5) is 11.4 Å². The second kappa shape index (κ2) is 4.91. The average Bonchev–Trinajstić information content (AvgIpc) is 2.29. The second-order valence-corrected chi connectivity index (χ2v) is 4.71. The molecule has 0 saturated carbocycles. The van der Waals surface area contributed by atoms with E-state index in [-0.39, 0.29) is 17.7 Å². The van der Waals surface area contributed by atoms with Crippen LogP contribution >= 0.6 is 0 Å². The summed E-state index contributed by atoms with van der Waals surface area (Å²) in [4.78, 5) is 10.4. The maximum Gasteiger partial charge on any atom is 0.274 e. The van der Waals surface area contributed by atoms with E-state index in [1.54, 1.807) is 19.1 Å². The van der Waals surface area contributed by atoms with Crippen molar-refractivity contribution in [2.75, 3.05) is 31.7 Å². The largest absolute Gasteiger partial charge is 0.396 e. The standard InChI is InChI=1S/C12H16N2O4/c1-9-10(3-2-4-11(9)14(16)17)13-5-12(6-15)7-18-8-12/h2-4,13,15H,5-8H2,1H3. The summed E-state index contributed by atoms with van der Waals surface area (Å²) in [6.07, 6.45) is 0. The Hall–Kier alpha value is -1.66. The molecule has 1 aliphatic heterocycles. The fourth-order valence-electron chi connectivity index (χ4n) is 1.94. The van der Waals surface area contributed by atoms with Crippen molar-refractivity contribution in [1.82, 2.24) is 0 Å². The molecule has 1 saturated heterocycles. The number of nitro benzene ring substituents is 1. The van der Waals surface area contributed by atoms with Crippen LogP contribution in [-0.4, -0.2) is 36.4 Å². The van der Waals surface area contributed by atoms with Gasteiger partial charge in [0.15, 0.2) is 0 Å². The topological polar surface area (TPSA) is 84.6 Å². The first-order valence-electron chi connectivity index (χ1n) is 5.74. The molecule has 1 aromatic rings. The minimum Gasteiger partial charge on any atom is -0.396 e. The average molecular weight is 252 g/mol. The lowest BCUT2D eigenvalue weighted by molar-refractivity contribution is -0.385. The first-order valence-corrected chi connectivity index (χ1v) is 5.74. The molecule has 6 nitrogen and oxygen atoms in total. The fourth-order valence-corrected chi connectivity index (χ4v) is 1.94. The van der Waals surface area contributed by atoms with Crippen molar-refractivity contribution >= 4 is 11.4 Å². The van der Waals surface area contributed by atoms with Crippen molar-refractivity contribution in [1.29, 1.82) is 0 Å². The molecule has 0 unspecified atom stereocenters. The zero-order chi connectivity index (χ0) is 13.2. The van der Waals surface area contributed by atoms with E-state index in [9.17, 15) is 15.2 Å². The fraction of sp³-hybridized carbons (Fsp3) is 0.500. The molecule has 0 aromatic heterocycles. The van der Waals surface area contributed by atoms with Gasteiger partial charge in [-0.3, -0.25) is 10.1 Å². The molecule has 0 spiro atoms. The number of nitro groups is 1. The minimum absolute atomic E-state index is 0.0496. The van der Waals surface area contributed by atoms with Crippen LogP contribution in [0.3, 0.4) is 0 Å². The van der Waals surface area contributed by atoms with E-state index in [0.717, 1.165) is 5.69 Å². The second-order valence-electron chi connectivity index (χ2n) is 4.71. The molecule has 6 heteroatoms. The zero-order valence-corrected chi connectivity index (χ0v) is 10.2. The molecule has 1 aliphatic rings. The summed E-state index contributed by atoms with van der Waals surface area (Å²) >= 11 is 0. The molecule has 0 aliphatic carbocycles. The van der Waals surface area contributed by atoms with Crippen LogP contribution in [0.5, 0.6) is 0 Å². The predicted octanol–water partition coefficient (Wildman–Crippen LogP) is 1.32. The Balaban J connectivity index is 2.10. The maximum absolute atomic E-state index is 10.8. The van der Waals surface area contributed by atoms with Crippen molar-refractivity contribution in [3.05, 3.63) is 33.9 Å².